The van der Waals surface area contributed by atoms with E-state index in [0.29, 0.717) is 29.4 Å². The van der Waals surface area contributed by atoms with E-state index in [1.807, 2.05) is 50.2 Å². The van der Waals surface area contributed by atoms with Gasteiger partial charge in [-0.3, -0.25) is 14.5 Å². The Balaban J connectivity index is 1.48. The Morgan fingerprint density at radius 1 is 0.950 bits per heavy atom. The number of imide groups is 1. The molecule has 208 valence electrons. The lowest BCUT2D eigenvalue weighted by Gasteiger charge is -2.35. The number of esters is 1. The van der Waals surface area contributed by atoms with Crippen molar-refractivity contribution in [3.8, 4) is 0 Å². The molecule has 1 aliphatic carbocycles. The highest BCUT2D eigenvalue weighted by Gasteiger charge is 2.47. The monoisotopic (exact) mass is 542 g/mol. The molecule has 8 nitrogen and oxygen atoms in total. The number of hydrogen-bond acceptors (Lipinski definition) is 6. The Morgan fingerprint density at radius 3 is 2.17 bits per heavy atom. The number of alkyl carbamates (subject to hydrolysis) is 1. The minimum Gasteiger partial charge on any atom is -0.458 e. The Hall–Kier alpha value is -4.20. The van der Waals surface area contributed by atoms with Crippen LogP contribution in [-0.2, 0) is 20.7 Å². The fourth-order valence-corrected chi connectivity index (χ4v) is 5.62. The van der Waals surface area contributed by atoms with Crippen LogP contribution < -0.4 is 5.32 Å². The van der Waals surface area contributed by atoms with Gasteiger partial charge in [0.1, 0.15) is 23.8 Å². The maximum absolute atomic E-state index is 13.9. The van der Waals surface area contributed by atoms with Crippen LogP contribution in [0.25, 0.3) is 10.8 Å². The summed E-state index contributed by atoms with van der Waals surface area (Å²) < 4.78 is 11.4. The van der Waals surface area contributed by atoms with Crippen molar-refractivity contribution in [2.45, 2.75) is 71.2 Å². The van der Waals surface area contributed by atoms with Crippen LogP contribution in [0.2, 0.25) is 0 Å². The molecule has 3 atom stereocenters. The summed E-state index contributed by atoms with van der Waals surface area (Å²) in [7, 11) is 0. The zero-order chi connectivity index (χ0) is 28.8. The highest BCUT2D eigenvalue weighted by atomic mass is 16.6. The number of amides is 3. The van der Waals surface area contributed by atoms with E-state index in [0.717, 1.165) is 16.5 Å². The minimum atomic E-state index is -0.957. The second kappa shape index (κ2) is 10.4. The zero-order valence-corrected chi connectivity index (χ0v) is 23.4. The summed E-state index contributed by atoms with van der Waals surface area (Å²) in [5, 5.41) is 4.10. The third-order valence-electron chi connectivity index (χ3n) is 7.18. The Morgan fingerprint density at radius 2 is 1.57 bits per heavy atom. The zero-order valence-electron chi connectivity index (χ0n) is 23.4. The van der Waals surface area contributed by atoms with Crippen LogP contribution in [0.1, 0.15) is 78.9 Å². The molecular formula is C32H34N2O6. The van der Waals surface area contributed by atoms with Gasteiger partial charge in [0.2, 0.25) is 0 Å². The highest BCUT2D eigenvalue weighted by molar-refractivity contribution is 6.25. The first-order valence-corrected chi connectivity index (χ1v) is 13.6. The topological polar surface area (TPSA) is 102 Å². The number of carbonyl (C=O) groups is 4. The Bertz CT molecular complexity index is 1450. The molecule has 0 radical (unpaired) electrons. The van der Waals surface area contributed by atoms with E-state index in [1.54, 1.807) is 45.0 Å². The molecule has 0 unspecified atom stereocenters. The van der Waals surface area contributed by atoms with E-state index < -0.39 is 47.7 Å². The third-order valence-corrected chi connectivity index (χ3v) is 7.18. The molecule has 0 aromatic heterocycles. The first-order valence-electron chi connectivity index (χ1n) is 13.6. The predicted octanol–water partition coefficient (Wildman–Crippen LogP) is 5.58. The van der Waals surface area contributed by atoms with Gasteiger partial charge in [-0.2, -0.15) is 0 Å². The van der Waals surface area contributed by atoms with Crippen molar-refractivity contribution in [1.82, 2.24) is 10.2 Å². The Labute approximate surface area is 233 Å². The summed E-state index contributed by atoms with van der Waals surface area (Å²) in [5.74, 6) is -1.42. The van der Waals surface area contributed by atoms with Gasteiger partial charge in [-0.1, -0.05) is 62.4 Å². The lowest BCUT2D eigenvalue weighted by molar-refractivity contribution is -0.154. The second-order valence-corrected chi connectivity index (χ2v) is 11.8. The molecule has 40 heavy (non-hydrogen) atoms. The molecule has 1 aliphatic heterocycles. The standard InChI is InChI=1S/C32H34N2O6/c1-18(2)16-24(33-31(38)40-32(3,4)5)30(37)39-25-17-20-10-6-7-13-21(20)27(25)34-28(35)22-14-8-11-19-12-9-15-23(26(19)22)29(34)36/h6-15,18,24-25,27H,16-17H2,1-5H3,(H,33,38)/t24-,25-,27+/m0/s1. The molecule has 0 fully saturated rings. The van der Waals surface area contributed by atoms with Gasteiger partial charge in [-0.25, -0.2) is 9.59 Å². The normalized spacial score (nSPS) is 19.0. The van der Waals surface area contributed by atoms with E-state index in [9.17, 15) is 19.2 Å². The molecule has 8 heteroatoms. The van der Waals surface area contributed by atoms with Crippen molar-refractivity contribution in [3.05, 3.63) is 82.9 Å². The fraction of sp³-hybridized carbons (Fsp3) is 0.375. The summed E-state index contributed by atoms with van der Waals surface area (Å²) in [6, 6.07) is 16.5. The number of ether oxygens (including phenoxy) is 2. The second-order valence-electron chi connectivity index (χ2n) is 11.8. The number of nitrogens with one attached hydrogen (secondary N) is 1. The molecule has 2 aliphatic rings. The molecule has 0 saturated heterocycles. The molecule has 3 aromatic rings. The molecule has 1 N–H and O–H groups in total. The molecule has 3 aromatic carbocycles. The largest absolute Gasteiger partial charge is 0.458 e. The van der Waals surface area contributed by atoms with Gasteiger partial charge in [0.25, 0.3) is 11.8 Å². The van der Waals surface area contributed by atoms with Crippen molar-refractivity contribution in [2.24, 2.45) is 5.92 Å². The van der Waals surface area contributed by atoms with Gasteiger partial charge in [-0.05, 0) is 61.8 Å². The van der Waals surface area contributed by atoms with Crippen LogP contribution in [0.4, 0.5) is 4.79 Å². The Kier molecular flexibility index (Phi) is 7.12. The van der Waals surface area contributed by atoms with Gasteiger partial charge in [0.15, 0.2) is 0 Å². The molecule has 0 bridgehead atoms. The van der Waals surface area contributed by atoms with Crippen LogP contribution in [0, 0.1) is 5.92 Å². The maximum atomic E-state index is 13.9. The summed E-state index contributed by atoms with van der Waals surface area (Å²) in [6.45, 7) is 9.11. The molecule has 0 spiro atoms. The molecule has 5 rings (SSSR count). The summed E-state index contributed by atoms with van der Waals surface area (Å²) >= 11 is 0. The first-order chi connectivity index (χ1) is 18.9. The lowest BCUT2D eigenvalue weighted by Crippen LogP contribution is -2.49. The van der Waals surface area contributed by atoms with E-state index >= 15 is 0 Å². The minimum absolute atomic E-state index is 0.0753. The maximum Gasteiger partial charge on any atom is 0.408 e. The summed E-state index contributed by atoms with van der Waals surface area (Å²) in [5.41, 5.74) is 1.79. The average Bonchev–Trinajstić information content (AvgIpc) is 3.23. The van der Waals surface area contributed by atoms with Crippen molar-refractivity contribution in [1.29, 1.82) is 0 Å². The number of fused-ring (bicyclic) bond motifs is 1. The molecule has 3 amide bonds. The van der Waals surface area contributed by atoms with Crippen molar-refractivity contribution in [2.75, 3.05) is 0 Å². The summed E-state index contributed by atoms with van der Waals surface area (Å²) in [6.07, 6.45) is -0.875. The number of benzene rings is 3. The van der Waals surface area contributed by atoms with Crippen LogP contribution in [0.15, 0.2) is 60.7 Å². The van der Waals surface area contributed by atoms with Crippen LogP contribution in [0.5, 0.6) is 0 Å². The van der Waals surface area contributed by atoms with E-state index in [2.05, 4.69) is 5.32 Å². The van der Waals surface area contributed by atoms with Crippen LogP contribution in [-0.4, -0.2) is 46.5 Å². The van der Waals surface area contributed by atoms with Crippen LogP contribution in [0.3, 0.4) is 0 Å². The number of rotatable bonds is 6. The van der Waals surface area contributed by atoms with Gasteiger partial charge in [0, 0.05) is 22.9 Å². The van der Waals surface area contributed by atoms with E-state index in [1.165, 1.54) is 4.90 Å². The smallest absolute Gasteiger partial charge is 0.408 e. The highest BCUT2D eigenvalue weighted by Crippen LogP contribution is 2.42. The van der Waals surface area contributed by atoms with Gasteiger partial charge >= 0.3 is 12.1 Å². The molecule has 1 heterocycles. The number of carbonyl (C=O) groups excluding carboxylic acids is 4. The molecule has 0 saturated carbocycles. The lowest BCUT2D eigenvalue weighted by atomic mass is 9.92. The fourth-order valence-electron chi connectivity index (χ4n) is 5.62. The van der Waals surface area contributed by atoms with Gasteiger partial charge in [0.05, 0.1) is 0 Å². The van der Waals surface area contributed by atoms with Gasteiger partial charge < -0.3 is 14.8 Å². The van der Waals surface area contributed by atoms with E-state index in [4.69, 9.17) is 9.47 Å². The predicted molar refractivity (Wildman–Crippen MR) is 150 cm³/mol. The number of hydrogen-bond donors (Lipinski definition) is 1. The van der Waals surface area contributed by atoms with Gasteiger partial charge in [-0.15, -0.1) is 0 Å². The third kappa shape index (κ3) is 5.18. The first kappa shape index (κ1) is 27.4. The van der Waals surface area contributed by atoms with Crippen LogP contribution >= 0.6 is 0 Å². The average molecular weight is 543 g/mol. The van der Waals surface area contributed by atoms with Crippen molar-refractivity contribution in [3.63, 3.8) is 0 Å². The van der Waals surface area contributed by atoms with Crippen molar-refractivity contribution >= 4 is 34.6 Å². The SMILES string of the molecule is CC(C)C[C@H](NC(=O)OC(C)(C)C)C(=O)O[C@H]1Cc2ccccc2[C@H]1N1C(=O)c2cccc3cccc(c23)C1=O. The van der Waals surface area contributed by atoms with Crippen molar-refractivity contribution < 1.29 is 28.7 Å². The summed E-state index contributed by atoms with van der Waals surface area (Å²) in [4.78, 5) is 55.1. The quantitative estimate of drug-likeness (QED) is 0.322. The molecular weight excluding hydrogens is 508 g/mol. The van der Waals surface area contributed by atoms with E-state index in [-0.39, 0.29) is 5.92 Å². The number of nitrogens with zero attached hydrogens (tertiary/aromatic N) is 1.